The van der Waals surface area contributed by atoms with Gasteiger partial charge < -0.3 is 10.2 Å². The Morgan fingerprint density at radius 2 is 1.64 bits per heavy atom. The van der Waals surface area contributed by atoms with E-state index in [1.807, 2.05) is 20.8 Å². The first-order valence-corrected chi connectivity index (χ1v) is 13.0. The van der Waals surface area contributed by atoms with Gasteiger partial charge in [-0.1, -0.05) is 47.0 Å². The molecule has 180 valence electrons. The van der Waals surface area contributed by atoms with Crippen molar-refractivity contribution in [2.45, 2.75) is 46.3 Å². The lowest BCUT2D eigenvalue weighted by Crippen LogP contribution is -2.52. The summed E-state index contributed by atoms with van der Waals surface area (Å²) in [5.74, 6) is -0.900. The predicted molar refractivity (Wildman–Crippen MR) is 133 cm³/mol. The SMILES string of the molecule is Cc1ccc(N(CC(=O)N(Cc2ccc(Cl)cc2Cl)[C@@H](C)C(=O)NC(C)C)S(C)(=O)=O)cc1. The third-order valence-electron chi connectivity index (χ3n) is 4.96. The van der Waals surface area contributed by atoms with E-state index >= 15 is 0 Å². The Bertz CT molecular complexity index is 1110. The minimum atomic E-state index is -3.77. The molecule has 0 bridgehead atoms. The van der Waals surface area contributed by atoms with Gasteiger partial charge >= 0.3 is 0 Å². The maximum atomic E-state index is 13.4. The molecule has 2 aromatic rings. The number of hydrogen-bond acceptors (Lipinski definition) is 4. The Labute approximate surface area is 205 Å². The molecule has 0 aliphatic heterocycles. The first-order chi connectivity index (χ1) is 15.3. The van der Waals surface area contributed by atoms with Crippen molar-refractivity contribution in [2.24, 2.45) is 0 Å². The standard InChI is InChI=1S/C23H29Cl2N3O4S/c1-15(2)26-23(30)17(4)27(13-18-8-9-19(24)12-21(18)25)22(29)14-28(33(5,31)32)20-10-6-16(3)7-11-20/h6-12,15,17H,13-14H2,1-5H3,(H,26,30)/t17-/m0/s1. The van der Waals surface area contributed by atoms with Gasteiger partial charge in [-0.25, -0.2) is 8.42 Å². The number of anilines is 1. The van der Waals surface area contributed by atoms with Crippen molar-refractivity contribution in [1.29, 1.82) is 0 Å². The monoisotopic (exact) mass is 513 g/mol. The predicted octanol–water partition coefficient (Wildman–Crippen LogP) is 4.01. The maximum absolute atomic E-state index is 13.4. The van der Waals surface area contributed by atoms with Gasteiger partial charge in [0.15, 0.2) is 0 Å². The van der Waals surface area contributed by atoms with Crippen LogP contribution in [0.15, 0.2) is 42.5 Å². The summed E-state index contributed by atoms with van der Waals surface area (Å²) in [5.41, 5.74) is 1.90. The molecular weight excluding hydrogens is 485 g/mol. The molecular formula is C23H29Cl2N3O4S. The second-order valence-electron chi connectivity index (χ2n) is 8.20. The number of halogens is 2. The zero-order valence-corrected chi connectivity index (χ0v) is 21.6. The fraction of sp³-hybridized carbons (Fsp3) is 0.391. The lowest BCUT2D eigenvalue weighted by atomic mass is 10.1. The molecule has 0 aromatic heterocycles. The fourth-order valence-corrected chi connectivity index (χ4v) is 4.46. The van der Waals surface area contributed by atoms with Crippen molar-refractivity contribution < 1.29 is 18.0 Å². The quantitative estimate of drug-likeness (QED) is 0.548. The topological polar surface area (TPSA) is 86.8 Å². The van der Waals surface area contributed by atoms with Gasteiger partial charge in [0.25, 0.3) is 0 Å². The molecule has 0 spiro atoms. The third-order valence-corrected chi connectivity index (χ3v) is 6.68. The molecule has 1 N–H and O–H groups in total. The number of amides is 2. The number of carbonyl (C=O) groups excluding carboxylic acids is 2. The number of nitrogens with one attached hydrogen (secondary N) is 1. The number of benzene rings is 2. The number of aryl methyl sites for hydroxylation is 1. The van der Waals surface area contributed by atoms with E-state index in [0.29, 0.717) is 21.3 Å². The Hall–Kier alpha value is -2.29. The van der Waals surface area contributed by atoms with Gasteiger partial charge in [-0.05, 0) is 57.5 Å². The fourth-order valence-electron chi connectivity index (χ4n) is 3.15. The van der Waals surface area contributed by atoms with Crippen LogP contribution in [0, 0.1) is 6.92 Å². The Balaban J connectivity index is 2.41. The van der Waals surface area contributed by atoms with E-state index in [4.69, 9.17) is 23.2 Å². The van der Waals surface area contributed by atoms with Crippen LogP contribution in [0.1, 0.15) is 31.9 Å². The summed E-state index contributed by atoms with van der Waals surface area (Å²) >= 11 is 12.3. The van der Waals surface area contributed by atoms with Crippen LogP contribution >= 0.6 is 23.2 Å². The second kappa shape index (κ2) is 11.2. The minimum absolute atomic E-state index is 0.00696. The molecule has 0 fully saturated rings. The van der Waals surface area contributed by atoms with Crippen LogP contribution in [0.25, 0.3) is 0 Å². The number of rotatable bonds is 9. The smallest absolute Gasteiger partial charge is 0.244 e. The van der Waals surface area contributed by atoms with Crippen LogP contribution in [0.4, 0.5) is 5.69 Å². The van der Waals surface area contributed by atoms with Crippen molar-refractivity contribution in [3.8, 4) is 0 Å². The highest BCUT2D eigenvalue weighted by atomic mass is 35.5. The number of hydrogen-bond donors (Lipinski definition) is 1. The van der Waals surface area contributed by atoms with Crippen molar-refractivity contribution in [3.63, 3.8) is 0 Å². The molecule has 2 amide bonds. The van der Waals surface area contributed by atoms with Crippen LogP contribution < -0.4 is 9.62 Å². The zero-order chi connectivity index (χ0) is 24.9. The number of nitrogens with zero attached hydrogens (tertiary/aromatic N) is 2. The molecule has 2 rings (SSSR count). The van der Waals surface area contributed by atoms with Crippen molar-refractivity contribution in [1.82, 2.24) is 10.2 Å². The first-order valence-electron chi connectivity index (χ1n) is 10.4. The summed E-state index contributed by atoms with van der Waals surface area (Å²) in [6.07, 6.45) is 1.04. The molecule has 2 aromatic carbocycles. The largest absolute Gasteiger partial charge is 0.352 e. The summed E-state index contributed by atoms with van der Waals surface area (Å²) in [6.45, 7) is 6.65. The average molecular weight is 514 g/mol. The van der Waals surface area contributed by atoms with E-state index in [-0.39, 0.29) is 18.5 Å². The van der Waals surface area contributed by atoms with Crippen molar-refractivity contribution in [2.75, 3.05) is 17.1 Å². The van der Waals surface area contributed by atoms with Crippen LogP contribution in [0.2, 0.25) is 10.0 Å². The summed E-state index contributed by atoms with van der Waals surface area (Å²) in [5, 5.41) is 3.57. The van der Waals surface area contributed by atoms with Crippen LogP contribution in [-0.2, 0) is 26.2 Å². The molecule has 10 heteroatoms. The molecule has 0 aliphatic rings. The average Bonchev–Trinajstić information content (AvgIpc) is 2.70. The zero-order valence-electron chi connectivity index (χ0n) is 19.3. The molecule has 0 saturated carbocycles. The lowest BCUT2D eigenvalue weighted by molar-refractivity contribution is -0.139. The van der Waals surface area contributed by atoms with Crippen LogP contribution in [-0.4, -0.2) is 50.0 Å². The van der Waals surface area contributed by atoms with E-state index in [1.54, 1.807) is 49.4 Å². The highest BCUT2D eigenvalue weighted by Crippen LogP contribution is 2.24. The van der Waals surface area contributed by atoms with E-state index in [1.165, 1.54) is 4.90 Å². The second-order valence-corrected chi connectivity index (χ2v) is 11.0. The molecule has 0 heterocycles. The molecule has 1 atom stereocenters. The molecule has 0 aliphatic carbocycles. The third kappa shape index (κ3) is 7.62. The van der Waals surface area contributed by atoms with E-state index in [2.05, 4.69) is 5.32 Å². The Kier molecular flexibility index (Phi) is 9.17. The molecule has 0 saturated heterocycles. The van der Waals surface area contributed by atoms with Gasteiger partial charge in [0.2, 0.25) is 21.8 Å². The van der Waals surface area contributed by atoms with Crippen molar-refractivity contribution in [3.05, 3.63) is 63.6 Å². The molecule has 7 nitrogen and oxygen atoms in total. The highest BCUT2D eigenvalue weighted by molar-refractivity contribution is 7.92. The van der Waals surface area contributed by atoms with Gasteiger partial charge in [-0.2, -0.15) is 0 Å². The minimum Gasteiger partial charge on any atom is -0.352 e. The molecule has 0 radical (unpaired) electrons. The van der Waals surface area contributed by atoms with Gasteiger partial charge in [0.1, 0.15) is 12.6 Å². The Morgan fingerprint density at radius 1 is 1.03 bits per heavy atom. The van der Waals surface area contributed by atoms with Gasteiger partial charge in [-0.3, -0.25) is 13.9 Å². The molecule has 33 heavy (non-hydrogen) atoms. The van der Waals surface area contributed by atoms with E-state index in [0.717, 1.165) is 16.1 Å². The summed E-state index contributed by atoms with van der Waals surface area (Å²) < 4.78 is 26.1. The summed E-state index contributed by atoms with van der Waals surface area (Å²) in [4.78, 5) is 27.5. The van der Waals surface area contributed by atoms with Crippen LogP contribution in [0.3, 0.4) is 0 Å². The molecule has 0 unspecified atom stereocenters. The lowest BCUT2D eigenvalue weighted by Gasteiger charge is -2.32. The van der Waals surface area contributed by atoms with Gasteiger partial charge in [-0.15, -0.1) is 0 Å². The van der Waals surface area contributed by atoms with E-state index < -0.39 is 28.5 Å². The first kappa shape index (κ1) is 27.0. The number of carbonyl (C=O) groups is 2. The summed E-state index contributed by atoms with van der Waals surface area (Å²) in [7, 11) is -3.77. The van der Waals surface area contributed by atoms with Crippen LogP contribution in [0.5, 0.6) is 0 Å². The van der Waals surface area contributed by atoms with Gasteiger partial charge in [0.05, 0.1) is 11.9 Å². The maximum Gasteiger partial charge on any atom is 0.244 e. The Morgan fingerprint density at radius 3 is 2.15 bits per heavy atom. The highest BCUT2D eigenvalue weighted by Gasteiger charge is 2.30. The van der Waals surface area contributed by atoms with Crippen molar-refractivity contribution >= 4 is 50.7 Å². The normalized spacial score (nSPS) is 12.4. The number of sulfonamides is 1. The van der Waals surface area contributed by atoms with E-state index in [9.17, 15) is 18.0 Å². The van der Waals surface area contributed by atoms with Gasteiger partial charge in [0, 0.05) is 22.6 Å². The summed E-state index contributed by atoms with van der Waals surface area (Å²) in [6, 6.07) is 10.7.